The maximum Gasteiger partial charge on any atom is 0.0875 e. The number of halogens is 1. The average Bonchev–Trinajstić information content (AvgIpc) is 2.36. The Kier molecular flexibility index (Phi) is 3.47. The molecule has 0 aromatic heterocycles. The van der Waals surface area contributed by atoms with Crippen molar-refractivity contribution in [3.05, 3.63) is 33.8 Å². The van der Waals surface area contributed by atoms with Crippen LogP contribution in [0.25, 0.3) is 0 Å². The molecule has 3 atom stereocenters. The number of benzene rings is 1. The summed E-state index contributed by atoms with van der Waals surface area (Å²) in [4.78, 5) is 0. The van der Waals surface area contributed by atoms with Crippen LogP contribution >= 0.6 is 15.9 Å². The number of hydrogen-bond donors (Lipinski definition) is 0. The van der Waals surface area contributed by atoms with Crippen LogP contribution in [0.1, 0.15) is 29.6 Å². The van der Waals surface area contributed by atoms with Crippen LogP contribution in [-0.4, -0.2) is 7.11 Å². The fourth-order valence-electron chi connectivity index (χ4n) is 2.37. The zero-order chi connectivity index (χ0) is 12.4. The summed E-state index contributed by atoms with van der Waals surface area (Å²) in [5.74, 6) is -0.661. The lowest BCUT2D eigenvalue weighted by atomic mass is 9.75. The molecule has 3 nitrogen and oxygen atoms in total. The average molecular weight is 291 g/mol. The fraction of sp³-hybridized carbons (Fsp3) is 0.385. The first-order valence-corrected chi connectivity index (χ1v) is 6.12. The molecule has 0 N–H and O–H groups in total. The Hall–Kier alpha value is -1.36. The Bertz CT molecular complexity index is 515. The first kappa shape index (κ1) is 12.1. The van der Waals surface area contributed by atoms with E-state index >= 15 is 0 Å². The highest BCUT2D eigenvalue weighted by atomic mass is 79.9. The molecule has 2 rings (SSSR count). The number of nitriles is 2. The lowest BCUT2D eigenvalue weighted by Crippen LogP contribution is -2.23. The molecule has 1 aromatic rings. The third-order valence-electron chi connectivity index (χ3n) is 3.20. The molecular weight excluding hydrogens is 280 g/mol. The van der Waals surface area contributed by atoms with Crippen molar-refractivity contribution in [3.63, 3.8) is 0 Å². The van der Waals surface area contributed by atoms with Crippen LogP contribution in [0.3, 0.4) is 0 Å². The quantitative estimate of drug-likeness (QED) is 0.797. The smallest absolute Gasteiger partial charge is 0.0875 e. The van der Waals surface area contributed by atoms with E-state index < -0.39 is 0 Å². The van der Waals surface area contributed by atoms with E-state index in [0.29, 0.717) is 6.42 Å². The molecule has 1 aliphatic rings. The summed E-state index contributed by atoms with van der Waals surface area (Å²) < 4.78 is 6.38. The van der Waals surface area contributed by atoms with Gasteiger partial charge in [-0.2, -0.15) is 10.5 Å². The van der Waals surface area contributed by atoms with Gasteiger partial charge in [0.2, 0.25) is 0 Å². The maximum absolute atomic E-state index is 9.23. The molecule has 17 heavy (non-hydrogen) atoms. The van der Waals surface area contributed by atoms with E-state index in [2.05, 4.69) is 28.1 Å². The number of fused-ring (bicyclic) bond motifs is 1. The minimum absolute atomic E-state index is 0.116. The predicted octanol–water partition coefficient (Wildman–Crippen LogP) is 3.29. The molecule has 4 heteroatoms. The Balaban J connectivity index is 2.60. The van der Waals surface area contributed by atoms with Gasteiger partial charge in [-0.1, -0.05) is 28.1 Å². The first-order chi connectivity index (χ1) is 8.22. The molecule has 0 amide bonds. The molecule has 0 radical (unpaired) electrons. The molecule has 0 bridgehead atoms. The second-order valence-corrected chi connectivity index (χ2v) is 4.90. The Morgan fingerprint density at radius 1 is 1.35 bits per heavy atom. The van der Waals surface area contributed by atoms with Crippen molar-refractivity contribution < 1.29 is 4.74 Å². The molecule has 0 aliphatic heterocycles. The van der Waals surface area contributed by atoms with Crippen LogP contribution in [0.5, 0.6) is 0 Å². The zero-order valence-corrected chi connectivity index (χ0v) is 10.9. The van der Waals surface area contributed by atoms with Gasteiger partial charge >= 0.3 is 0 Å². The molecule has 3 unspecified atom stereocenters. The van der Waals surface area contributed by atoms with Gasteiger partial charge in [-0.3, -0.25) is 0 Å². The molecule has 0 spiro atoms. The third kappa shape index (κ3) is 1.95. The Morgan fingerprint density at radius 2 is 2.12 bits per heavy atom. The van der Waals surface area contributed by atoms with Gasteiger partial charge in [0.15, 0.2) is 0 Å². The molecule has 0 fully saturated rings. The summed E-state index contributed by atoms with van der Waals surface area (Å²) in [6, 6.07) is 10.2. The van der Waals surface area contributed by atoms with Crippen LogP contribution in [0.2, 0.25) is 0 Å². The molecule has 1 aromatic carbocycles. The summed E-state index contributed by atoms with van der Waals surface area (Å²) in [5.41, 5.74) is 1.92. The van der Waals surface area contributed by atoms with Gasteiger partial charge in [0.05, 0.1) is 30.1 Å². The minimum atomic E-state index is -0.362. The number of ether oxygens (including phenoxy) is 1. The van der Waals surface area contributed by atoms with E-state index in [0.717, 1.165) is 15.6 Å². The van der Waals surface area contributed by atoms with E-state index in [-0.39, 0.29) is 17.9 Å². The monoisotopic (exact) mass is 290 g/mol. The van der Waals surface area contributed by atoms with E-state index in [9.17, 15) is 5.26 Å². The molecule has 0 saturated carbocycles. The topological polar surface area (TPSA) is 56.8 Å². The highest BCUT2D eigenvalue weighted by molar-refractivity contribution is 9.10. The summed E-state index contributed by atoms with van der Waals surface area (Å²) in [7, 11) is 1.63. The van der Waals surface area contributed by atoms with Crippen LogP contribution in [-0.2, 0) is 4.74 Å². The number of hydrogen-bond acceptors (Lipinski definition) is 3. The van der Waals surface area contributed by atoms with Crippen molar-refractivity contribution >= 4 is 15.9 Å². The van der Waals surface area contributed by atoms with E-state index in [1.54, 1.807) is 7.11 Å². The number of methoxy groups -OCH3 is 1. The highest BCUT2D eigenvalue weighted by Gasteiger charge is 2.36. The zero-order valence-electron chi connectivity index (χ0n) is 9.35. The molecule has 0 heterocycles. The van der Waals surface area contributed by atoms with E-state index in [4.69, 9.17) is 10.00 Å². The van der Waals surface area contributed by atoms with Crippen molar-refractivity contribution in [2.45, 2.75) is 18.4 Å². The van der Waals surface area contributed by atoms with Gasteiger partial charge in [0.1, 0.15) is 0 Å². The van der Waals surface area contributed by atoms with Crippen molar-refractivity contribution in [1.29, 1.82) is 10.5 Å². The van der Waals surface area contributed by atoms with Gasteiger partial charge in [0, 0.05) is 11.6 Å². The fourth-order valence-corrected chi connectivity index (χ4v) is 3.00. The predicted molar refractivity (Wildman–Crippen MR) is 66.0 cm³/mol. The third-order valence-corrected chi connectivity index (χ3v) is 3.89. The standard InChI is InChI=1S/C13H11BrN2O/c1-17-12-5-8(6-15)10(7-16)9-3-2-4-11(14)13(9)12/h2-4,8,10,12H,5H2,1H3. The summed E-state index contributed by atoms with van der Waals surface area (Å²) in [6.07, 6.45) is 0.454. The SMILES string of the molecule is COC1CC(C#N)C(C#N)c2cccc(Br)c21. The van der Waals surface area contributed by atoms with E-state index in [1.165, 1.54) is 0 Å². The van der Waals surface area contributed by atoms with Gasteiger partial charge in [-0.25, -0.2) is 0 Å². The van der Waals surface area contributed by atoms with Gasteiger partial charge in [0.25, 0.3) is 0 Å². The van der Waals surface area contributed by atoms with Crippen LogP contribution in [0, 0.1) is 28.6 Å². The second-order valence-electron chi connectivity index (χ2n) is 4.05. The lowest BCUT2D eigenvalue weighted by Gasteiger charge is -2.31. The van der Waals surface area contributed by atoms with Crippen LogP contribution < -0.4 is 0 Å². The molecule has 86 valence electrons. The summed E-state index contributed by atoms with van der Waals surface area (Å²) in [6.45, 7) is 0. The highest BCUT2D eigenvalue weighted by Crippen LogP contribution is 2.45. The van der Waals surface area contributed by atoms with Crippen molar-refractivity contribution in [2.75, 3.05) is 7.11 Å². The Labute approximate surface area is 109 Å². The van der Waals surface area contributed by atoms with Gasteiger partial charge in [-0.15, -0.1) is 0 Å². The largest absolute Gasteiger partial charge is 0.377 e. The summed E-state index contributed by atoms with van der Waals surface area (Å²) >= 11 is 3.49. The lowest BCUT2D eigenvalue weighted by molar-refractivity contribution is 0.0764. The minimum Gasteiger partial charge on any atom is -0.377 e. The Morgan fingerprint density at radius 3 is 2.71 bits per heavy atom. The van der Waals surface area contributed by atoms with Crippen molar-refractivity contribution in [3.8, 4) is 12.1 Å². The number of rotatable bonds is 1. The normalized spacial score (nSPS) is 26.7. The molecule has 0 saturated heterocycles. The van der Waals surface area contributed by atoms with Crippen molar-refractivity contribution in [2.24, 2.45) is 5.92 Å². The summed E-state index contributed by atoms with van der Waals surface area (Å²) in [5, 5.41) is 18.4. The maximum atomic E-state index is 9.23. The van der Waals surface area contributed by atoms with Gasteiger partial charge in [-0.05, 0) is 23.6 Å². The van der Waals surface area contributed by atoms with Crippen LogP contribution in [0.4, 0.5) is 0 Å². The number of nitrogens with zero attached hydrogens (tertiary/aromatic N) is 2. The van der Waals surface area contributed by atoms with Crippen molar-refractivity contribution in [1.82, 2.24) is 0 Å². The van der Waals surface area contributed by atoms with E-state index in [1.807, 2.05) is 18.2 Å². The molecular formula is C13H11BrN2O. The van der Waals surface area contributed by atoms with Gasteiger partial charge < -0.3 is 4.74 Å². The van der Waals surface area contributed by atoms with Crippen LogP contribution in [0.15, 0.2) is 22.7 Å². The molecule has 1 aliphatic carbocycles. The first-order valence-electron chi connectivity index (χ1n) is 5.33. The second kappa shape index (κ2) is 4.87.